The van der Waals surface area contributed by atoms with Crippen LogP contribution in [0.1, 0.15) is 8.35 Å². The molecule has 2 nitrogen and oxygen atoms in total. The molecule has 1 aliphatic rings. The van der Waals surface area contributed by atoms with E-state index in [1.54, 1.807) is 0 Å². The van der Waals surface area contributed by atoms with Crippen molar-refractivity contribution in [2.24, 2.45) is 0 Å². The summed E-state index contributed by atoms with van der Waals surface area (Å²) in [5.41, 5.74) is 0. The van der Waals surface area contributed by atoms with Gasteiger partial charge in [-0.15, -0.1) is 0 Å². The molecule has 0 aromatic heterocycles. The van der Waals surface area contributed by atoms with Crippen molar-refractivity contribution in [1.82, 2.24) is 4.90 Å². The van der Waals surface area contributed by atoms with Gasteiger partial charge < -0.3 is 6.16 Å². The number of hydrogen-bond donors (Lipinski definition) is 0. The van der Waals surface area contributed by atoms with Gasteiger partial charge in [0.05, 0.1) is 13.2 Å². The molecular weight excluding hydrogens is 153 g/mol. The molecule has 66 valence electrons. The van der Waals surface area contributed by atoms with Crippen LogP contribution >= 0.6 is 0 Å². The van der Waals surface area contributed by atoms with Gasteiger partial charge in [0.2, 0.25) is 0 Å². The van der Waals surface area contributed by atoms with Crippen LogP contribution in [0.2, 0.25) is 11.6 Å². The largest absolute Gasteiger partial charge is 1.00 e. The van der Waals surface area contributed by atoms with Gasteiger partial charge in [0, 0.05) is 13.1 Å². The molecule has 11 heavy (non-hydrogen) atoms. The Morgan fingerprint density at radius 2 is 1.82 bits per heavy atom. The first-order valence-corrected chi connectivity index (χ1v) is 6.70. The minimum Gasteiger partial charge on any atom is -1.00 e. The third-order valence-electron chi connectivity index (χ3n) is 1.55. The topological polar surface area (TPSA) is 12.5 Å². The second kappa shape index (κ2) is 8.55. The molecule has 0 N–H and O–H groups in total. The summed E-state index contributed by atoms with van der Waals surface area (Å²) in [6, 6.07) is 0. The summed E-state index contributed by atoms with van der Waals surface area (Å²) in [5.74, 6) is 4.42. The van der Waals surface area contributed by atoms with Crippen LogP contribution in [0.4, 0.5) is 0 Å². The smallest absolute Gasteiger partial charge is 1.00 e. The van der Waals surface area contributed by atoms with Crippen molar-refractivity contribution in [3.05, 3.63) is 0 Å². The summed E-state index contributed by atoms with van der Waals surface area (Å²) >= 11 is 0.750. The van der Waals surface area contributed by atoms with Crippen molar-refractivity contribution in [3.63, 3.8) is 0 Å². The van der Waals surface area contributed by atoms with E-state index in [-0.39, 0.29) is 1.43 Å². The molecule has 0 aromatic rings. The predicted octanol–water partition coefficient (Wildman–Crippen LogP) is 1.24. The zero-order chi connectivity index (χ0) is 8.53. The van der Waals surface area contributed by atoms with Gasteiger partial charge in [0.15, 0.2) is 0 Å². The molecule has 1 aliphatic heterocycles. The van der Waals surface area contributed by atoms with Gasteiger partial charge in [0.25, 0.3) is 0 Å². The van der Waals surface area contributed by atoms with E-state index in [2.05, 4.69) is 23.4 Å². The molecule has 3 heteroatoms. The normalized spacial score (nSPS) is 18.1. The van der Waals surface area contributed by atoms with Gasteiger partial charge in [-0.05, 0) is 6.54 Å². The maximum Gasteiger partial charge on any atom is -1.00 e. The van der Waals surface area contributed by atoms with E-state index in [0.29, 0.717) is 0 Å². The Bertz CT molecular complexity index is 79.5. The van der Waals surface area contributed by atoms with Crippen molar-refractivity contribution < 1.29 is 6.16 Å². The number of rotatable bonds is 1. The molecule has 0 saturated carbocycles. The minimum absolute atomic E-state index is 0. The van der Waals surface area contributed by atoms with Crippen LogP contribution < -0.4 is 0 Å². The van der Waals surface area contributed by atoms with Crippen LogP contribution in [-0.4, -0.2) is 53.0 Å². The Morgan fingerprint density at radius 1 is 1.36 bits per heavy atom. The van der Waals surface area contributed by atoms with E-state index >= 15 is 0 Å². The van der Waals surface area contributed by atoms with Gasteiger partial charge in [-0.25, -0.2) is 0 Å². The first kappa shape index (κ1) is 11.5. The molecule has 1 saturated heterocycles. The van der Waals surface area contributed by atoms with E-state index in [9.17, 15) is 0 Å². The zero-order valence-corrected chi connectivity index (χ0v) is 9.12. The van der Waals surface area contributed by atoms with Crippen molar-refractivity contribution >= 4 is 15.2 Å². The van der Waals surface area contributed by atoms with Crippen LogP contribution in [0.25, 0.3) is 0 Å². The van der Waals surface area contributed by atoms with Gasteiger partial charge in [0.1, 0.15) is 0 Å². The first-order valence-electron chi connectivity index (χ1n) is 4.39. The first-order chi connectivity index (χ1) is 5.35. The molecule has 0 bridgehead atoms. The summed E-state index contributed by atoms with van der Waals surface area (Å²) < 4.78 is 5.16. The molecule has 1 heterocycles. The Hall–Kier alpha value is 0.452. The molecule has 0 spiro atoms. The molecule has 0 unspecified atom stereocenters. The van der Waals surface area contributed by atoms with Gasteiger partial charge in [-0.3, -0.25) is 4.90 Å². The number of ether oxygens (including phenoxy) is 1. The average Bonchev–Trinajstić information content (AvgIpc) is 2.08. The third kappa shape index (κ3) is 6.84. The number of nitrogens with zero attached hydrogens (tertiary/aromatic N) is 1. The molecule has 0 amide bonds. The van der Waals surface area contributed by atoms with Crippen molar-refractivity contribution in [2.45, 2.75) is 18.5 Å². The zero-order valence-electron chi connectivity index (χ0n) is 8.97. The van der Waals surface area contributed by atoms with E-state index < -0.39 is 0 Å². The molecule has 0 atom stereocenters. The molecule has 1 fully saturated rings. The number of likely N-dealkylation sites (N-methyl/N-ethyl adjacent to an activating group) is 1. The average molecular weight is 173 g/mol. The molecule has 0 radical (unpaired) electrons. The maximum atomic E-state index is 5.16. The molecular formula is C8H20AlNO. The van der Waals surface area contributed by atoms with Crippen LogP contribution in [0, 0.1) is 0 Å². The maximum absolute atomic E-state index is 5.16. The fourth-order valence-electron chi connectivity index (χ4n) is 0.917. The summed E-state index contributed by atoms with van der Waals surface area (Å²) in [6.45, 7) is 7.45. The summed E-state index contributed by atoms with van der Waals surface area (Å²) in [4.78, 5) is 2.39. The second-order valence-electron chi connectivity index (χ2n) is 2.62. The standard InChI is InChI=1S/C6H13NO.2CH3.Al.H/c1-2-7-3-5-8-6-4-7;;;;/h2-6H2,1H3;2*1H3;;/q;;;+1;-1. The van der Waals surface area contributed by atoms with Crippen molar-refractivity contribution in [3.8, 4) is 0 Å². The number of hydrogen-bond acceptors (Lipinski definition) is 2. The van der Waals surface area contributed by atoms with E-state index in [0.717, 1.165) is 41.5 Å². The van der Waals surface area contributed by atoms with Gasteiger partial charge >= 0.3 is 26.8 Å². The minimum atomic E-state index is 0. The monoisotopic (exact) mass is 173 g/mol. The van der Waals surface area contributed by atoms with Gasteiger partial charge in [-0.2, -0.15) is 0 Å². The van der Waals surface area contributed by atoms with Gasteiger partial charge in [-0.1, -0.05) is 6.92 Å². The van der Waals surface area contributed by atoms with Crippen molar-refractivity contribution in [1.29, 1.82) is 0 Å². The van der Waals surface area contributed by atoms with E-state index in [1.165, 1.54) is 6.54 Å². The van der Waals surface area contributed by atoms with Crippen LogP contribution in [0.5, 0.6) is 0 Å². The fraction of sp³-hybridized carbons (Fsp3) is 1.00. The van der Waals surface area contributed by atoms with Crippen molar-refractivity contribution in [2.75, 3.05) is 32.8 Å². The third-order valence-corrected chi connectivity index (χ3v) is 1.55. The Labute approximate surface area is 78.1 Å². The molecule has 1 rings (SSSR count). The summed E-state index contributed by atoms with van der Waals surface area (Å²) in [7, 11) is 0. The van der Waals surface area contributed by atoms with Crippen LogP contribution in [-0.2, 0) is 4.74 Å². The Balaban J connectivity index is 0. The predicted molar refractivity (Wildman–Crippen MR) is 51.5 cm³/mol. The Morgan fingerprint density at radius 3 is 2.09 bits per heavy atom. The summed E-state index contributed by atoms with van der Waals surface area (Å²) in [5, 5.41) is 0. The van der Waals surface area contributed by atoms with E-state index in [4.69, 9.17) is 4.74 Å². The SMILES string of the molecule is CCN1CCOCC1.[CH3][Al+][CH3].[H-]. The Kier molecular flexibility index (Phi) is 8.90. The quantitative estimate of drug-likeness (QED) is 0.553. The fourth-order valence-corrected chi connectivity index (χ4v) is 0.917. The van der Waals surface area contributed by atoms with Crippen LogP contribution in [0.3, 0.4) is 0 Å². The number of morpholine rings is 1. The molecule has 0 aliphatic carbocycles. The van der Waals surface area contributed by atoms with E-state index in [1.807, 2.05) is 0 Å². The van der Waals surface area contributed by atoms with Crippen LogP contribution in [0.15, 0.2) is 0 Å². The summed E-state index contributed by atoms with van der Waals surface area (Å²) in [6.07, 6.45) is 0. The molecule has 0 aromatic carbocycles. The second-order valence-corrected chi connectivity index (χ2v) is 3.78.